The summed E-state index contributed by atoms with van der Waals surface area (Å²) in [4.78, 5) is 14.2. The van der Waals surface area contributed by atoms with Crippen molar-refractivity contribution < 1.29 is 13.9 Å². The molecule has 0 unspecified atom stereocenters. The minimum atomic E-state index is -0.996. The summed E-state index contributed by atoms with van der Waals surface area (Å²) < 4.78 is 19.4. The number of rotatable bonds is 3. The maximum Gasteiger partial charge on any atom is 0.182 e. The van der Waals surface area contributed by atoms with Crippen molar-refractivity contribution in [2.75, 3.05) is 13.2 Å². The first-order chi connectivity index (χ1) is 12.1. The maximum atomic E-state index is 13.4. The lowest BCUT2D eigenvalue weighted by molar-refractivity contribution is -0.157. The van der Waals surface area contributed by atoms with E-state index in [4.69, 9.17) is 4.74 Å². The van der Waals surface area contributed by atoms with Crippen molar-refractivity contribution in [3.05, 3.63) is 83.2 Å². The van der Waals surface area contributed by atoms with Crippen molar-refractivity contribution in [2.45, 2.75) is 24.6 Å². The van der Waals surface area contributed by atoms with Crippen molar-refractivity contribution >= 4 is 6.29 Å². The van der Waals surface area contributed by atoms with Gasteiger partial charge in [-0.15, -0.1) is 0 Å². The van der Waals surface area contributed by atoms with Gasteiger partial charge in [-0.05, 0) is 40.8 Å². The van der Waals surface area contributed by atoms with Gasteiger partial charge in [0.2, 0.25) is 0 Å². The van der Waals surface area contributed by atoms with Gasteiger partial charge in [-0.3, -0.25) is 9.69 Å². The third kappa shape index (κ3) is 2.71. The summed E-state index contributed by atoms with van der Waals surface area (Å²) in [5.74, 6) is -0.269. The molecule has 0 saturated carbocycles. The first-order valence-corrected chi connectivity index (χ1v) is 8.50. The molecular formula is C21H20FNO2. The number of benzene rings is 2. The van der Waals surface area contributed by atoms with Crippen molar-refractivity contribution in [1.82, 2.24) is 4.90 Å². The molecule has 1 saturated heterocycles. The average Bonchev–Trinajstić information content (AvgIpc) is 3.04. The summed E-state index contributed by atoms with van der Waals surface area (Å²) in [7, 11) is 0. The largest absolute Gasteiger partial charge is 0.349 e. The fourth-order valence-electron chi connectivity index (χ4n) is 3.99. The van der Waals surface area contributed by atoms with Gasteiger partial charge in [-0.2, -0.15) is 0 Å². The van der Waals surface area contributed by atoms with E-state index < -0.39 is 5.72 Å². The van der Waals surface area contributed by atoms with Crippen LogP contribution < -0.4 is 0 Å². The monoisotopic (exact) mass is 337 g/mol. The lowest BCUT2D eigenvalue weighted by Crippen LogP contribution is -2.54. The summed E-state index contributed by atoms with van der Waals surface area (Å²) in [6, 6.07) is 14.6. The zero-order valence-electron chi connectivity index (χ0n) is 14.0. The van der Waals surface area contributed by atoms with Crippen molar-refractivity contribution in [3.63, 3.8) is 0 Å². The number of hydrogen-bond donors (Lipinski definition) is 0. The number of carbonyl (C=O) groups is 1. The van der Waals surface area contributed by atoms with Crippen LogP contribution in [0.2, 0.25) is 0 Å². The molecule has 128 valence electrons. The highest BCUT2D eigenvalue weighted by Crippen LogP contribution is 2.43. The fraction of sp³-hybridized carbons (Fsp3) is 0.286. The van der Waals surface area contributed by atoms with E-state index in [0.29, 0.717) is 19.6 Å². The van der Waals surface area contributed by atoms with Crippen LogP contribution in [0.1, 0.15) is 29.2 Å². The molecule has 0 radical (unpaired) electrons. The van der Waals surface area contributed by atoms with E-state index in [1.54, 1.807) is 12.1 Å². The van der Waals surface area contributed by atoms with E-state index in [-0.39, 0.29) is 11.9 Å². The summed E-state index contributed by atoms with van der Waals surface area (Å²) in [6.45, 7) is 5.08. The SMILES string of the molecule is C=C1CO[C@](C=O)(N2CCc3ccccc3[C@@H]2c2ccc(F)cc2)C1. The second-order valence-electron chi connectivity index (χ2n) is 6.77. The number of fused-ring (bicyclic) bond motifs is 1. The minimum absolute atomic E-state index is 0.151. The normalized spacial score (nSPS) is 26.4. The molecule has 1 fully saturated rings. The summed E-state index contributed by atoms with van der Waals surface area (Å²) in [5.41, 5.74) is 3.28. The van der Waals surface area contributed by atoms with Crippen molar-refractivity contribution in [3.8, 4) is 0 Å². The number of hydrogen-bond acceptors (Lipinski definition) is 3. The first kappa shape index (κ1) is 16.2. The first-order valence-electron chi connectivity index (χ1n) is 8.50. The van der Waals surface area contributed by atoms with Gasteiger partial charge >= 0.3 is 0 Å². The zero-order valence-corrected chi connectivity index (χ0v) is 14.0. The second kappa shape index (κ2) is 6.21. The van der Waals surface area contributed by atoms with Crippen LogP contribution in [0.25, 0.3) is 0 Å². The van der Waals surface area contributed by atoms with E-state index >= 15 is 0 Å². The predicted octanol–water partition coefficient (Wildman–Crippen LogP) is 3.64. The fourth-order valence-corrected chi connectivity index (χ4v) is 3.99. The van der Waals surface area contributed by atoms with E-state index in [0.717, 1.165) is 29.4 Å². The molecule has 4 rings (SSSR count). The molecule has 0 spiro atoms. The quantitative estimate of drug-likeness (QED) is 0.632. The molecule has 3 nitrogen and oxygen atoms in total. The van der Waals surface area contributed by atoms with Crippen LogP contribution in [0.3, 0.4) is 0 Å². The molecule has 2 heterocycles. The highest BCUT2D eigenvalue weighted by Gasteiger charge is 2.47. The minimum Gasteiger partial charge on any atom is -0.349 e. The van der Waals surface area contributed by atoms with Gasteiger partial charge in [-0.1, -0.05) is 43.0 Å². The van der Waals surface area contributed by atoms with E-state index in [1.807, 2.05) is 12.1 Å². The standard InChI is InChI=1S/C21H20FNO2/c1-15-12-21(14-24,25-13-15)23-11-10-16-4-2-3-5-19(16)20(23)17-6-8-18(22)9-7-17/h2-9,14,20H,1,10-13H2/t20-,21+/m0/s1. The van der Waals surface area contributed by atoms with Crippen molar-refractivity contribution in [2.24, 2.45) is 0 Å². The Morgan fingerprint density at radius 2 is 1.96 bits per heavy atom. The van der Waals surface area contributed by atoms with Gasteiger partial charge in [0.05, 0.1) is 12.6 Å². The topological polar surface area (TPSA) is 29.5 Å². The van der Waals surface area contributed by atoms with Crippen LogP contribution in [0.5, 0.6) is 0 Å². The Hall–Kier alpha value is -2.30. The van der Waals surface area contributed by atoms with Crippen LogP contribution in [-0.2, 0) is 16.0 Å². The summed E-state index contributed by atoms with van der Waals surface area (Å²) in [6.07, 6.45) is 2.24. The van der Waals surface area contributed by atoms with Gasteiger partial charge in [0.15, 0.2) is 12.0 Å². The third-order valence-corrected chi connectivity index (χ3v) is 5.17. The number of aldehydes is 1. The van der Waals surface area contributed by atoms with E-state index in [1.165, 1.54) is 17.7 Å². The van der Waals surface area contributed by atoms with Crippen molar-refractivity contribution in [1.29, 1.82) is 0 Å². The molecule has 0 aromatic heterocycles. The molecule has 0 N–H and O–H groups in total. The number of carbonyl (C=O) groups excluding carboxylic acids is 1. The molecule has 2 aromatic rings. The van der Waals surface area contributed by atoms with Gasteiger partial charge in [0.25, 0.3) is 0 Å². The van der Waals surface area contributed by atoms with Gasteiger partial charge in [0.1, 0.15) is 5.82 Å². The van der Waals surface area contributed by atoms with Gasteiger partial charge in [0, 0.05) is 13.0 Å². The van der Waals surface area contributed by atoms with Crippen LogP contribution in [0, 0.1) is 5.82 Å². The van der Waals surface area contributed by atoms with Crippen LogP contribution in [0.15, 0.2) is 60.7 Å². The van der Waals surface area contributed by atoms with Gasteiger partial charge in [-0.25, -0.2) is 4.39 Å². The Labute approximate surface area is 146 Å². The van der Waals surface area contributed by atoms with E-state index in [9.17, 15) is 9.18 Å². The Morgan fingerprint density at radius 1 is 1.20 bits per heavy atom. The lowest BCUT2D eigenvalue weighted by Gasteiger charge is -2.45. The summed E-state index contributed by atoms with van der Waals surface area (Å²) in [5, 5.41) is 0. The molecule has 2 atom stereocenters. The van der Waals surface area contributed by atoms with Crippen LogP contribution in [-0.4, -0.2) is 30.1 Å². The smallest absolute Gasteiger partial charge is 0.182 e. The Morgan fingerprint density at radius 3 is 2.64 bits per heavy atom. The van der Waals surface area contributed by atoms with Crippen LogP contribution in [0.4, 0.5) is 4.39 Å². The Kier molecular flexibility index (Phi) is 4.02. The van der Waals surface area contributed by atoms with Gasteiger partial charge < -0.3 is 4.74 Å². The number of halogens is 1. The number of ether oxygens (including phenoxy) is 1. The molecule has 0 aliphatic carbocycles. The third-order valence-electron chi connectivity index (χ3n) is 5.17. The molecule has 4 heteroatoms. The predicted molar refractivity (Wildman–Crippen MR) is 93.6 cm³/mol. The Balaban J connectivity index is 1.84. The second-order valence-corrected chi connectivity index (χ2v) is 6.77. The summed E-state index contributed by atoms with van der Waals surface area (Å²) >= 11 is 0. The molecule has 0 bridgehead atoms. The Bertz CT molecular complexity index is 817. The maximum absolute atomic E-state index is 13.4. The molecule has 25 heavy (non-hydrogen) atoms. The molecule has 2 aliphatic heterocycles. The molecule has 2 aliphatic rings. The average molecular weight is 337 g/mol. The zero-order chi connectivity index (χ0) is 17.4. The molecular weight excluding hydrogens is 317 g/mol. The lowest BCUT2D eigenvalue weighted by atomic mass is 9.86. The highest BCUT2D eigenvalue weighted by molar-refractivity contribution is 5.64. The van der Waals surface area contributed by atoms with Crippen LogP contribution >= 0.6 is 0 Å². The number of nitrogens with zero attached hydrogens (tertiary/aromatic N) is 1. The molecule has 0 amide bonds. The molecule has 2 aromatic carbocycles. The highest BCUT2D eigenvalue weighted by atomic mass is 19.1. The van der Waals surface area contributed by atoms with E-state index in [2.05, 4.69) is 23.6 Å².